The number of rotatable bonds is 13. The fourth-order valence-corrected chi connectivity index (χ4v) is 4.98. The molecule has 1 heterocycles. The third kappa shape index (κ3) is 7.88. The molecule has 0 saturated heterocycles. The summed E-state index contributed by atoms with van der Waals surface area (Å²) >= 11 is 1.63. The molecule has 0 fully saturated rings. The van der Waals surface area contributed by atoms with Crippen LogP contribution >= 0.6 is 11.3 Å². The summed E-state index contributed by atoms with van der Waals surface area (Å²) in [5.74, 6) is -0.224. The van der Waals surface area contributed by atoms with Crippen molar-refractivity contribution in [3.8, 4) is 11.1 Å². The van der Waals surface area contributed by atoms with Gasteiger partial charge in [-0.15, -0.1) is 11.3 Å². The molecule has 2 amide bonds. The highest BCUT2D eigenvalue weighted by molar-refractivity contribution is 7.09. The van der Waals surface area contributed by atoms with E-state index >= 15 is 0 Å². The van der Waals surface area contributed by atoms with E-state index in [1.54, 1.807) is 16.2 Å². The number of hydrogen-bond donors (Lipinski definition) is 0. The predicted octanol–water partition coefficient (Wildman–Crippen LogP) is 6.51. The highest BCUT2D eigenvalue weighted by Gasteiger charge is 2.23. The van der Waals surface area contributed by atoms with E-state index in [2.05, 4.69) is 0 Å². The van der Waals surface area contributed by atoms with Crippen molar-refractivity contribution in [1.29, 1.82) is 0 Å². The lowest BCUT2D eigenvalue weighted by Gasteiger charge is -2.28. The van der Waals surface area contributed by atoms with Crippen LogP contribution in [0.3, 0.4) is 0 Å². The van der Waals surface area contributed by atoms with Gasteiger partial charge >= 0.3 is 0 Å². The van der Waals surface area contributed by atoms with Crippen LogP contribution in [0.5, 0.6) is 0 Å². The molecular formula is C32H34N2O3S. The lowest BCUT2D eigenvalue weighted by Crippen LogP contribution is -2.43. The van der Waals surface area contributed by atoms with E-state index in [-0.39, 0.29) is 18.4 Å². The van der Waals surface area contributed by atoms with Gasteiger partial charge in [-0.2, -0.15) is 0 Å². The van der Waals surface area contributed by atoms with E-state index in [4.69, 9.17) is 4.74 Å². The zero-order chi connectivity index (χ0) is 26.6. The standard InChI is InChI=1S/C32H34N2O3S/c1-2-37-21-10-20-33(32(36)29-18-16-28(17-19-29)27-13-7-4-8-14-27)25-31(35)34(24-30-15-9-22-38-30)23-26-11-5-3-6-12-26/h3-9,11-19,22H,2,10,20-21,23-25H2,1H3. The zero-order valence-electron chi connectivity index (χ0n) is 21.8. The first-order chi connectivity index (χ1) is 18.6. The second-order valence-electron chi connectivity index (χ2n) is 9.04. The summed E-state index contributed by atoms with van der Waals surface area (Å²) in [5.41, 5.74) is 3.77. The number of carbonyl (C=O) groups excluding carboxylic acids is 2. The molecule has 0 N–H and O–H groups in total. The van der Waals surface area contributed by atoms with E-state index in [0.29, 0.717) is 44.8 Å². The summed E-state index contributed by atoms with van der Waals surface area (Å²) < 4.78 is 5.50. The van der Waals surface area contributed by atoms with Crippen molar-refractivity contribution in [3.63, 3.8) is 0 Å². The molecule has 0 spiro atoms. The molecule has 4 aromatic rings. The van der Waals surface area contributed by atoms with Gasteiger partial charge in [0.1, 0.15) is 6.54 Å². The maximum atomic E-state index is 13.7. The van der Waals surface area contributed by atoms with E-state index < -0.39 is 0 Å². The van der Waals surface area contributed by atoms with Crippen molar-refractivity contribution in [1.82, 2.24) is 9.80 Å². The monoisotopic (exact) mass is 526 g/mol. The minimum absolute atomic E-state index is 0.0175. The molecule has 0 aliphatic carbocycles. The first kappa shape index (κ1) is 27.3. The van der Waals surface area contributed by atoms with Crippen LogP contribution in [0.2, 0.25) is 0 Å². The van der Waals surface area contributed by atoms with Crippen molar-refractivity contribution >= 4 is 23.2 Å². The van der Waals surface area contributed by atoms with Crippen LogP contribution in [0, 0.1) is 0 Å². The van der Waals surface area contributed by atoms with Gasteiger partial charge in [0, 0.05) is 36.7 Å². The van der Waals surface area contributed by atoms with Gasteiger partial charge in [0.2, 0.25) is 5.91 Å². The van der Waals surface area contributed by atoms with Crippen LogP contribution in [0.15, 0.2) is 102 Å². The zero-order valence-corrected chi connectivity index (χ0v) is 22.6. The number of amides is 2. The third-order valence-electron chi connectivity index (χ3n) is 6.27. The smallest absolute Gasteiger partial charge is 0.254 e. The van der Waals surface area contributed by atoms with Crippen LogP contribution in [0.1, 0.15) is 34.1 Å². The second kappa shape index (κ2) is 14.3. The number of hydrogen-bond acceptors (Lipinski definition) is 4. The van der Waals surface area contributed by atoms with Crippen molar-refractivity contribution in [2.24, 2.45) is 0 Å². The van der Waals surface area contributed by atoms with Crippen LogP contribution in [0.4, 0.5) is 0 Å². The first-order valence-corrected chi connectivity index (χ1v) is 13.9. The molecule has 196 valence electrons. The minimum Gasteiger partial charge on any atom is -0.382 e. The number of nitrogens with zero attached hydrogens (tertiary/aromatic N) is 2. The Morgan fingerprint density at radius 3 is 2.11 bits per heavy atom. The van der Waals surface area contributed by atoms with Crippen LogP contribution < -0.4 is 0 Å². The van der Waals surface area contributed by atoms with Crippen LogP contribution in [-0.4, -0.2) is 47.9 Å². The quantitative estimate of drug-likeness (QED) is 0.187. The predicted molar refractivity (Wildman–Crippen MR) is 154 cm³/mol. The van der Waals surface area contributed by atoms with Crippen LogP contribution in [0.25, 0.3) is 11.1 Å². The van der Waals surface area contributed by atoms with Gasteiger partial charge in [0.05, 0.1) is 6.54 Å². The lowest BCUT2D eigenvalue weighted by atomic mass is 10.0. The molecule has 38 heavy (non-hydrogen) atoms. The summed E-state index contributed by atoms with van der Waals surface area (Å²) in [5, 5.41) is 2.02. The van der Waals surface area contributed by atoms with E-state index in [0.717, 1.165) is 21.6 Å². The SMILES string of the molecule is CCOCCCN(CC(=O)N(Cc1ccccc1)Cc1cccs1)C(=O)c1ccc(-c2ccccc2)cc1. The maximum absolute atomic E-state index is 13.7. The Balaban J connectivity index is 1.51. The van der Waals surface area contributed by atoms with E-state index in [9.17, 15) is 9.59 Å². The van der Waals surface area contributed by atoms with Gasteiger partial charge in [-0.3, -0.25) is 9.59 Å². The van der Waals surface area contributed by atoms with Gasteiger partial charge < -0.3 is 14.5 Å². The van der Waals surface area contributed by atoms with Crippen molar-refractivity contribution in [3.05, 3.63) is 118 Å². The molecule has 0 unspecified atom stereocenters. The number of carbonyl (C=O) groups is 2. The molecule has 6 heteroatoms. The number of ether oxygens (including phenoxy) is 1. The Morgan fingerprint density at radius 1 is 0.763 bits per heavy atom. The molecule has 0 aliphatic rings. The molecule has 1 aromatic heterocycles. The molecular weight excluding hydrogens is 492 g/mol. The Hall–Kier alpha value is -3.74. The van der Waals surface area contributed by atoms with Gasteiger partial charge in [-0.1, -0.05) is 78.9 Å². The van der Waals surface area contributed by atoms with Crippen molar-refractivity contribution in [2.75, 3.05) is 26.3 Å². The molecule has 0 atom stereocenters. The fraction of sp³-hybridized carbons (Fsp3) is 0.250. The summed E-state index contributed by atoms with van der Waals surface area (Å²) in [6, 6.07) is 31.7. The molecule has 4 rings (SSSR count). The molecule has 5 nitrogen and oxygen atoms in total. The summed E-state index contributed by atoms with van der Waals surface area (Å²) in [6.07, 6.45) is 0.665. The second-order valence-corrected chi connectivity index (χ2v) is 10.1. The average Bonchev–Trinajstić information content (AvgIpc) is 3.48. The van der Waals surface area contributed by atoms with Crippen molar-refractivity contribution < 1.29 is 14.3 Å². The summed E-state index contributed by atoms with van der Waals surface area (Å²) in [7, 11) is 0. The fourth-order valence-electron chi connectivity index (χ4n) is 4.26. The Kier molecular flexibility index (Phi) is 10.2. The normalized spacial score (nSPS) is 10.8. The molecule has 0 bridgehead atoms. The Labute approximate surface area is 229 Å². The van der Waals surface area contributed by atoms with Gasteiger partial charge in [0.15, 0.2) is 0 Å². The largest absolute Gasteiger partial charge is 0.382 e. The third-order valence-corrected chi connectivity index (χ3v) is 7.13. The van der Waals surface area contributed by atoms with Gasteiger partial charge in [-0.05, 0) is 53.6 Å². The van der Waals surface area contributed by atoms with E-state index in [1.807, 2.05) is 114 Å². The Bertz CT molecular complexity index is 1260. The number of benzene rings is 3. The average molecular weight is 527 g/mol. The molecule has 0 saturated carbocycles. The lowest BCUT2D eigenvalue weighted by molar-refractivity contribution is -0.133. The van der Waals surface area contributed by atoms with Crippen LogP contribution in [-0.2, 0) is 22.6 Å². The highest BCUT2D eigenvalue weighted by atomic mass is 32.1. The summed E-state index contributed by atoms with van der Waals surface area (Å²) in [4.78, 5) is 31.9. The molecule has 0 aliphatic heterocycles. The maximum Gasteiger partial charge on any atom is 0.254 e. The minimum atomic E-state index is -0.148. The number of thiophene rings is 1. The van der Waals surface area contributed by atoms with E-state index in [1.165, 1.54) is 0 Å². The Morgan fingerprint density at radius 2 is 1.45 bits per heavy atom. The van der Waals surface area contributed by atoms with Gasteiger partial charge in [0.25, 0.3) is 5.91 Å². The topological polar surface area (TPSA) is 49.9 Å². The first-order valence-electron chi connectivity index (χ1n) is 13.0. The van der Waals surface area contributed by atoms with Gasteiger partial charge in [-0.25, -0.2) is 0 Å². The van der Waals surface area contributed by atoms with Crippen molar-refractivity contribution in [2.45, 2.75) is 26.4 Å². The molecule has 3 aromatic carbocycles. The summed E-state index contributed by atoms with van der Waals surface area (Å²) in [6.45, 7) is 4.59. The highest BCUT2D eigenvalue weighted by Crippen LogP contribution is 2.20. The molecule has 0 radical (unpaired) electrons.